The van der Waals surface area contributed by atoms with Crippen LogP contribution in [0.5, 0.6) is 0 Å². The van der Waals surface area contributed by atoms with Gasteiger partial charge in [-0.25, -0.2) is 0 Å². The van der Waals surface area contributed by atoms with Gasteiger partial charge in [0.15, 0.2) is 0 Å². The van der Waals surface area contributed by atoms with Gasteiger partial charge >= 0.3 is 0 Å². The van der Waals surface area contributed by atoms with Gasteiger partial charge < -0.3 is 10.5 Å². The number of nitrogens with two attached hydrogens (primary N) is 1. The Bertz CT molecular complexity index is 226. The topological polar surface area (TPSA) is 38.5 Å². The first kappa shape index (κ1) is 13.3. The van der Waals surface area contributed by atoms with Crippen LogP contribution >= 0.6 is 0 Å². The van der Waals surface area contributed by atoms with Crippen LogP contribution in [0, 0.1) is 5.92 Å². The molecule has 2 fully saturated rings. The third-order valence-electron chi connectivity index (χ3n) is 4.77. The smallest absolute Gasteiger partial charge is 0.0593 e. The standard InChI is InChI=1S/C14H28N2O/c1-2-13-5-3-6-14(11-13,12-15)16-7-4-9-17-10-8-16/h13H,2-12,15H2,1H3. The highest BCUT2D eigenvalue weighted by Gasteiger charge is 2.39. The fraction of sp³-hybridized carbons (Fsp3) is 1.00. The Morgan fingerprint density at radius 3 is 2.94 bits per heavy atom. The molecule has 2 unspecified atom stereocenters. The summed E-state index contributed by atoms with van der Waals surface area (Å²) in [7, 11) is 0. The largest absolute Gasteiger partial charge is 0.380 e. The predicted molar refractivity (Wildman–Crippen MR) is 71.0 cm³/mol. The lowest BCUT2D eigenvalue weighted by atomic mass is 9.73. The van der Waals surface area contributed by atoms with E-state index >= 15 is 0 Å². The van der Waals surface area contributed by atoms with Crippen molar-refractivity contribution in [3.8, 4) is 0 Å². The van der Waals surface area contributed by atoms with Gasteiger partial charge in [-0.1, -0.05) is 26.2 Å². The van der Waals surface area contributed by atoms with Gasteiger partial charge in [0.05, 0.1) is 6.61 Å². The lowest BCUT2D eigenvalue weighted by molar-refractivity contribution is 0.0318. The van der Waals surface area contributed by atoms with E-state index in [1.165, 1.54) is 45.1 Å². The molecule has 1 saturated heterocycles. The van der Waals surface area contributed by atoms with Crippen LogP contribution in [0.2, 0.25) is 0 Å². The van der Waals surface area contributed by atoms with Gasteiger partial charge in [0.1, 0.15) is 0 Å². The molecule has 17 heavy (non-hydrogen) atoms. The molecule has 2 atom stereocenters. The highest BCUT2D eigenvalue weighted by molar-refractivity contribution is 4.96. The molecule has 2 rings (SSSR count). The van der Waals surface area contributed by atoms with Gasteiger partial charge in [0, 0.05) is 31.8 Å². The van der Waals surface area contributed by atoms with Crippen LogP contribution < -0.4 is 5.73 Å². The van der Waals surface area contributed by atoms with Crippen molar-refractivity contribution in [2.45, 2.75) is 51.0 Å². The van der Waals surface area contributed by atoms with Crippen molar-refractivity contribution >= 4 is 0 Å². The molecule has 2 aliphatic rings. The van der Waals surface area contributed by atoms with E-state index in [-0.39, 0.29) is 5.54 Å². The normalized spacial score (nSPS) is 36.7. The molecule has 3 nitrogen and oxygen atoms in total. The first-order valence-electron chi connectivity index (χ1n) is 7.33. The number of rotatable bonds is 3. The molecule has 1 saturated carbocycles. The van der Waals surface area contributed by atoms with Crippen molar-refractivity contribution in [1.82, 2.24) is 4.90 Å². The maximum atomic E-state index is 6.15. The molecule has 1 aliphatic carbocycles. The number of hydrogen-bond acceptors (Lipinski definition) is 3. The minimum atomic E-state index is 0.284. The second-order valence-electron chi connectivity index (χ2n) is 5.75. The van der Waals surface area contributed by atoms with Crippen LogP contribution in [0.4, 0.5) is 0 Å². The second kappa shape index (κ2) is 6.17. The highest BCUT2D eigenvalue weighted by atomic mass is 16.5. The summed E-state index contributed by atoms with van der Waals surface area (Å²) < 4.78 is 5.58. The summed E-state index contributed by atoms with van der Waals surface area (Å²) in [6, 6.07) is 0. The Morgan fingerprint density at radius 2 is 2.18 bits per heavy atom. The van der Waals surface area contributed by atoms with E-state index in [9.17, 15) is 0 Å². The summed E-state index contributed by atoms with van der Waals surface area (Å²) in [6.07, 6.45) is 7.83. The molecular weight excluding hydrogens is 212 g/mol. The summed E-state index contributed by atoms with van der Waals surface area (Å²) in [4.78, 5) is 2.64. The third kappa shape index (κ3) is 3.01. The zero-order valence-electron chi connectivity index (χ0n) is 11.3. The molecule has 0 aromatic heterocycles. The molecule has 0 radical (unpaired) electrons. The van der Waals surface area contributed by atoms with E-state index in [0.717, 1.165) is 32.2 Å². The number of ether oxygens (including phenoxy) is 1. The van der Waals surface area contributed by atoms with Gasteiger partial charge in [-0.15, -0.1) is 0 Å². The SMILES string of the molecule is CCC1CCCC(CN)(N2CCCOCC2)C1. The van der Waals surface area contributed by atoms with Crippen molar-refractivity contribution in [3.05, 3.63) is 0 Å². The fourth-order valence-electron chi connectivity index (χ4n) is 3.63. The molecule has 100 valence electrons. The quantitative estimate of drug-likeness (QED) is 0.820. The van der Waals surface area contributed by atoms with Crippen molar-refractivity contribution < 1.29 is 4.74 Å². The Kier molecular flexibility index (Phi) is 4.83. The first-order valence-corrected chi connectivity index (χ1v) is 7.33. The second-order valence-corrected chi connectivity index (χ2v) is 5.75. The highest BCUT2D eigenvalue weighted by Crippen LogP contribution is 2.38. The van der Waals surface area contributed by atoms with Crippen LogP contribution in [0.1, 0.15) is 45.4 Å². The van der Waals surface area contributed by atoms with Crippen LogP contribution in [-0.4, -0.2) is 43.3 Å². The molecule has 0 spiro atoms. The van der Waals surface area contributed by atoms with Crippen molar-refractivity contribution in [3.63, 3.8) is 0 Å². The van der Waals surface area contributed by atoms with Crippen LogP contribution in [-0.2, 0) is 4.74 Å². The van der Waals surface area contributed by atoms with E-state index < -0.39 is 0 Å². The van der Waals surface area contributed by atoms with Crippen LogP contribution in [0.3, 0.4) is 0 Å². The zero-order chi connectivity index (χ0) is 12.1. The van der Waals surface area contributed by atoms with Gasteiger partial charge in [-0.2, -0.15) is 0 Å². The first-order chi connectivity index (χ1) is 8.30. The molecule has 3 heteroatoms. The molecule has 1 aliphatic heterocycles. The molecule has 0 aromatic carbocycles. The Hall–Kier alpha value is -0.120. The van der Waals surface area contributed by atoms with E-state index in [1.807, 2.05) is 0 Å². The third-order valence-corrected chi connectivity index (χ3v) is 4.77. The number of hydrogen-bond donors (Lipinski definition) is 1. The summed E-state index contributed by atoms with van der Waals surface area (Å²) in [5, 5.41) is 0. The van der Waals surface area contributed by atoms with E-state index in [4.69, 9.17) is 10.5 Å². The summed E-state index contributed by atoms with van der Waals surface area (Å²) in [5.41, 5.74) is 6.44. The average Bonchev–Trinajstić information content (AvgIpc) is 2.68. The minimum absolute atomic E-state index is 0.284. The minimum Gasteiger partial charge on any atom is -0.380 e. The Labute approximate surface area is 106 Å². The molecule has 2 N–H and O–H groups in total. The maximum Gasteiger partial charge on any atom is 0.0593 e. The van der Waals surface area contributed by atoms with Crippen LogP contribution in [0.25, 0.3) is 0 Å². The fourth-order valence-corrected chi connectivity index (χ4v) is 3.63. The van der Waals surface area contributed by atoms with E-state index in [2.05, 4.69) is 11.8 Å². The molecule has 0 aromatic rings. The average molecular weight is 240 g/mol. The van der Waals surface area contributed by atoms with E-state index in [1.54, 1.807) is 0 Å². The van der Waals surface area contributed by atoms with E-state index in [0.29, 0.717) is 0 Å². The molecule has 0 amide bonds. The van der Waals surface area contributed by atoms with Crippen molar-refractivity contribution in [2.75, 3.05) is 32.8 Å². The van der Waals surface area contributed by atoms with Gasteiger partial charge in [-0.3, -0.25) is 4.90 Å². The maximum absolute atomic E-state index is 6.15. The monoisotopic (exact) mass is 240 g/mol. The number of nitrogens with zero attached hydrogens (tertiary/aromatic N) is 1. The van der Waals surface area contributed by atoms with Crippen molar-refractivity contribution in [1.29, 1.82) is 0 Å². The van der Waals surface area contributed by atoms with Gasteiger partial charge in [0.25, 0.3) is 0 Å². The van der Waals surface area contributed by atoms with Crippen molar-refractivity contribution in [2.24, 2.45) is 11.7 Å². The molecule has 1 heterocycles. The van der Waals surface area contributed by atoms with Gasteiger partial charge in [0.2, 0.25) is 0 Å². The zero-order valence-corrected chi connectivity index (χ0v) is 11.3. The van der Waals surface area contributed by atoms with Crippen LogP contribution in [0.15, 0.2) is 0 Å². The molecule has 0 bridgehead atoms. The summed E-state index contributed by atoms with van der Waals surface area (Å²) in [5.74, 6) is 0.886. The lowest BCUT2D eigenvalue weighted by Crippen LogP contribution is -2.57. The van der Waals surface area contributed by atoms with Gasteiger partial charge in [-0.05, 0) is 25.2 Å². The summed E-state index contributed by atoms with van der Waals surface area (Å²) >= 11 is 0. The lowest BCUT2D eigenvalue weighted by Gasteiger charge is -2.48. The molecular formula is C14H28N2O. The Morgan fingerprint density at radius 1 is 1.29 bits per heavy atom. The Balaban J connectivity index is 2.05. The predicted octanol–water partition coefficient (Wildman–Crippen LogP) is 2.01. The summed E-state index contributed by atoms with van der Waals surface area (Å²) in [6.45, 7) is 7.21.